The molecule has 2 fully saturated rings. The minimum absolute atomic E-state index is 0.176. The van der Waals surface area contributed by atoms with Gasteiger partial charge in [0.2, 0.25) is 5.91 Å². The summed E-state index contributed by atoms with van der Waals surface area (Å²) in [5.74, 6) is -1.46. The van der Waals surface area contributed by atoms with E-state index in [0.717, 1.165) is 12.0 Å². The van der Waals surface area contributed by atoms with Gasteiger partial charge in [0, 0.05) is 13.3 Å². The maximum atomic E-state index is 12.3. The van der Waals surface area contributed by atoms with Gasteiger partial charge in [-0.3, -0.25) is 4.79 Å². The van der Waals surface area contributed by atoms with Gasteiger partial charge >= 0.3 is 5.97 Å². The summed E-state index contributed by atoms with van der Waals surface area (Å²) in [6, 6.07) is -2.30. The number of methoxy groups -OCH3 is 1. The fourth-order valence-electron chi connectivity index (χ4n) is 3.70. The molecule has 2 aliphatic rings. The van der Waals surface area contributed by atoms with Crippen molar-refractivity contribution in [3.63, 3.8) is 0 Å². The van der Waals surface area contributed by atoms with Gasteiger partial charge in [0.1, 0.15) is 30.0 Å². The average molecular weight is 349 g/mol. The number of carbonyl (C=O) groups is 2. The first kappa shape index (κ1) is 19.0. The van der Waals surface area contributed by atoms with Crippen molar-refractivity contribution in [2.24, 2.45) is 0 Å². The molecular weight excluding hydrogens is 326 g/mol. The van der Waals surface area contributed by atoms with Gasteiger partial charge < -0.3 is 39.9 Å². The Bertz CT molecular complexity index is 499. The van der Waals surface area contributed by atoms with E-state index in [0.29, 0.717) is 0 Å². The molecule has 10 nitrogen and oxygen atoms in total. The second-order valence-corrected chi connectivity index (χ2v) is 6.11. The molecule has 138 valence electrons. The summed E-state index contributed by atoms with van der Waals surface area (Å²) in [7, 11) is 1.09. The lowest BCUT2D eigenvalue weighted by Crippen LogP contribution is -2.70. The summed E-state index contributed by atoms with van der Waals surface area (Å²) >= 11 is 0. The lowest BCUT2D eigenvalue weighted by molar-refractivity contribution is -0.279. The summed E-state index contributed by atoms with van der Waals surface area (Å²) < 4.78 is 10.3. The van der Waals surface area contributed by atoms with Crippen LogP contribution in [0.4, 0.5) is 0 Å². The predicted molar refractivity (Wildman–Crippen MR) is 76.5 cm³/mol. The fourth-order valence-corrected chi connectivity index (χ4v) is 3.70. The largest absolute Gasteiger partial charge is 0.467 e. The highest BCUT2D eigenvalue weighted by Crippen LogP contribution is 2.45. The second-order valence-electron chi connectivity index (χ2n) is 6.11. The van der Waals surface area contributed by atoms with Crippen LogP contribution in [0, 0.1) is 0 Å². The van der Waals surface area contributed by atoms with Crippen molar-refractivity contribution in [1.29, 1.82) is 0 Å². The van der Waals surface area contributed by atoms with E-state index in [-0.39, 0.29) is 6.42 Å². The van der Waals surface area contributed by atoms with Crippen molar-refractivity contribution in [2.45, 2.75) is 55.4 Å². The number of hydrogen-bond acceptors (Lipinski definition) is 9. The zero-order valence-corrected chi connectivity index (χ0v) is 13.4. The van der Waals surface area contributed by atoms with E-state index in [4.69, 9.17) is 9.47 Å². The van der Waals surface area contributed by atoms with Gasteiger partial charge in [0.15, 0.2) is 6.04 Å². The number of carbonyl (C=O) groups excluding carboxylic acids is 2. The number of hydrogen-bond donors (Lipinski definition) is 5. The third-order valence-corrected chi connectivity index (χ3v) is 4.79. The van der Waals surface area contributed by atoms with E-state index in [1.165, 1.54) is 6.92 Å². The Balaban J connectivity index is 2.54. The third-order valence-electron chi connectivity index (χ3n) is 4.79. The van der Waals surface area contributed by atoms with E-state index in [1.54, 1.807) is 0 Å². The molecule has 1 amide bonds. The van der Waals surface area contributed by atoms with Crippen LogP contribution in [-0.4, -0.2) is 105 Å². The Labute approximate surface area is 138 Å². The molecule has 1 spiro atoms. The molecule has 0 aromatic heterocycles. The average Bonchev–Trinajstić information content (AvgIpc) is 2.91. The molecule has 0 aromatic carbocycles. The summed E-state index contributed by atoms with van der Waals surface area (Å²) in [5.41, 5.74) is -1.82. The maximum Gasteiger partial charge on any atom is 0.331 e. The molecular formula is C14H23NO9. The topological polar surface area (TPSA) is 157 Å². The Morgan fingerprint density at radius 1 is 1.21 bits per heavy atom. The highest BCUT2D eigenvalue weighted by atomic mass is 16.6. The molecule has 7 atom stereocenters. The van der Waals surface area contributed by atoms with Gasteiger partial charge in [-0.2, -0.15) is 0 Å². The normalized spacial score (nSPS) is 42.4. The number of ether oxygens (including phenoxy) is 2. The molecule has 2 rings (SSSR count). The van der Waals surface area contributed by atoms with Crippen molar-refractivity contribution >= 4 is 11.9 Å². The zero-order valence-electron chi connectivity index (χ0n) is 13.4. The van der Waals surface area contributed by atoms with E-state index >= 15 is 0 Å². The quantitative estimate of drug-likeness (QED) is 0.324. The standard InChI is InChI=1S/C14H23NO9/c1-6(18)15-7(4-16)3-14(11(15)13(22)23-2)12(21)10(20)9(19)8(5-17)24-14/h7-12,16-17,19-21H,3-5H2,1-2H3/t7-,8-,9-,10+,11-,12?,14+/m1/s1. The van der Waals surface area contributed by atoms with Gasteiger partial charge in [-0.05, 0) is 0 Å². The highest BCUT2D eigenvalue weighted by molar-refractivity contribution is 5.86. The smallest absolute Gasteiger partial charge is 0.331 e. The van der Waals surface area contributed by atoms with Gasteiger partial charge in [-0.25, -0.2) is 4.79 Å². The molecule has 0 saturated carbocycles. The zero-order chi connectivity index (χ0) is 18.2. The molecule has 10 heteroatoms. The van der Waals surface area contributed by atoms with E-state index < -0.39 is 67.2 Å². The Hall–Kier alpha value is -1.30. The minimum Gasteiger partial charge on any atom is -0.467 e. The number of esters is 1. The van der Waals surface area contributed by atoms with Crippen LogP contribution in [0.2, 0.25) is 0 Å². The number of nitrogens with zero attached hydrogens (tertiary/aromatic N) is 1. The summed E-state index contributed by atoms with van der Waals surface area (Å²) in [6.07, 6.45) is -6.48. The van der Waals surface area contributed by atoms with Gasteiger partial charge in [-0.1, -0.05) is 0 Å². The first-order chi connectivity index (χ1) is 11.2. The van der Waals surface area contributed by atoms with Crippen molar-refractivity contribution < 1.29 is 44.6 Å². The fraction of sp³-hybridized carbons (Fsp3) is 0.857. The number of aliphatic hydroxyl groups is 5. The van der Waals surface area contributed by atoms with Crippen LogP contribution in [0.5, 0.6) is 0 Å². The van der Waals surface area contributed by atoms with Crippen LogP contribution < -0.4 is 0 Å². The lowest BCUT2D eigenvalue weighted by Gasteiger charge is -2.48. The number of rotatable bonds is 3. The minimum atomic E-state index is -1.82. The van der Waals surface area contributed by atoms with Crippen LogP contribution in [0.15, 0.2) is 0 Å². The number of likely N-dealkylation sites (tertiary alicyclic amines) is 1. The molecule has 24 heavy (non-hydrogen) atoms. The summed E-state index contributed by atoms with van der Waals surface area (Å²) in [6.45, 7) is -0.000569. The number of aliphatic hydroxyl groups excluding tert-OH is 5. The van der Waals surface area contributed by atoms with Crippen molar-refractivity contribution in [1.82, 2.24) is 4.90 Å². The van der Waals surface area contributed by atoms with Gasteiger partial charge in [-0.15, -0.1) is 0 Å². The summed E-state index contributed by atoms with van der Waals surface area (Å²) in [5, 5.41) is 49.4. The predicted octanol–water partition coefficient (Wildman–Crippen LogP) is -3.65. The molecule has 0 bridgehead atoms. The molecule has 1 unspecified atom stereocenters. The lowest BCUT2D eigenvalue weighted by atomic mass is 9.79. The van der Waals surface area contributed by atoms with E-state index in [9.17, 15) is 35.1 Å². The maximum absolute atomic E-state index is 12.3. The van der Waals surface area contributed by atoms with E-state index in [2.05, 4.69) is 0 Å². The summed E-state index contributed by atoms with van der Waals surface area (Å²) in [4.78, 5) is 25.3. The molecule has 0 radical (unpaired) electrons. The van der Waals surface area contributed by atoms with Crippen LogP contribution in [0.3, 0.4) is 0 Å². The Morgan fingerprint density at radius 3 is 2.29 bits per heavy atom. The van der Waals surface area contributed by atoms with Crippen LogP contribution in [-0.2, 0) is 19.1 Å². The highest BCUT2D eigenvalue weighted by Gasteiger charge is 2.66. The molecule has 5 N–H and O–H groups in total. The second kappa shape index (κ2) is 6.90. The van der Waals surface area contributed by atoms with Crippen molar-refractivity contribution in [2.75, 3.05) is 20.3 Å². The molecule has 0 aromatic rings. The van der Waals surface area contributed by atoms with Crippen molar-refractivity contribution in [3.8, 4) is 0 Å². The van der Waals surface area contributed by atoms with Crippen molar-refractivity contribution in [3.05, 3.63) is 0 Å². The molecule has 0 aliphatic carbocycles. The number of amides is 1. The van der Waals surface area contributed by atoms with Crippen LogP contribution in [0.25, 0.3) is 0 Å². The molecule has 2 heterocycles. The Morgan fingerprint density at radius 2 is 1.83 bits per heavy atom. The van der Waals surface area contributed by atoms with Gasteiger partial charge in [0.05, 0.1) is 26.4 Å². The van der Waals surface area contributed by atoms with Gasteiger partial charge in [0.25, 0.3) is 0 Å². The Kier molecular flexibility index (Phi) is 5.47. The third kappa shape index (κ3) is 2.68. The van der Waals surface area contributed by atoms with Crippen LogP contribution in [0.1, 0.15) is 13.3 Å². The first-order valence-electron chi connectivity index (χ1n) is 7.55. The van der Waals surface area contributed by atoms with Crippen LogP contribution >= 0.6 is 0 Å². The SMILES string of the molecule is COC(=O)[C@H]1N(C(C)=O)[C@@H](CO)C[C@]12O[C@H](CO)[C@@H](O)[C@H](O)C2O. The van der Waals surface area contributed by atoms with E-state index in [1.807, 2.05) is 0 Å². The monoisotopic (exact) mass is 349 g/mol. The molecule has 2 aliphatic heterocycles. The molecule has 2 saturated heterocycles. The first-order valence-corrected chi connectivity index (χ1v) is 7.55.